The van der Waals surface area contributed by atoms with E-state index in [0.29, 0.717) is 0 Å². The number of benzene rings is 8. The zero-order valence-corrected chi connectivity index (χ0v) is 34.3. The first-order valence-corrected chi connectivity index (χ1v) is 23.4. The lowest BCUT2D eigenvalue weighted by molar-refractivity contribution is 0.660. The van der Waals surface area contributed by atoms with Gasteiger partial charge in [0.1, 0.15) is 8.07 Å². The minimum absolute atomic E-state index is 0.115. The SMILES string of the molecule is Cc1cc(-c2ccccc2)ccc1N(c1ccc2c(c1)C(C)(C)c1ccccc1-2)c1ccc2c(c1)C1(c3ccccc3-2)c2ccccc2[Si](C)(C)c2ccccc21. The molecular formula is C55H45NSi. The van der Waals surface area contributed by atoms with Crippen LogP contribution >= 0.6 is 0 Å². The van der Waals surface area contributed by atoms with Gasteiger partial charge in [0.2, 0.25) is 0 Å². The molecule has 0 unspecified atom stereocenters. The number of fused-ring (bicyclic) bond motifs is 12. The molecule has 0 bridgehead atoms. The normalized spacial score (nSPS) is 15.5. The number of anilines is 3. The van der Waals surface area contributed by atoms with Gasteiger partial charge in [-0.05, 0) is 126 Å². The Morgan fingerprint density at radius 1 is 0.404 bits per heavy atom. The molecule has 8 aromatic rings. The van der Waals surface area contributed by atoms with Crippen molar-refractivity contribution in [3.63, 3.8) is 0 Å². The van der Waals surface area contributed by atoms with Gasteiger partial charge in [0.05, 0.1) is 5.41 Å². The van der Waals surface area contributed by atoms with E-state index >= 15 is 0 Å². The first-order chi connectivity index (χ1) is 27.7. The van der Waals surface area contributed by atoms with Crippen molar-refractivity contribution in [1.82, 2.24) is 0 Å². The van der Waals surface area contributed by atoms with E-state index in [9.17, 15) is 0 Å². The maximum Gasteiger partial charge on any atom is 0.113 e. The molecule has 1 aliphatic heterocycles. The van der Waals surface area contributed by atoms with Gasteiger partial charge in [-0.15, -0.1) is 0 Å². The minimum Gasteiger partial charge on any atom is -0.310 e. The highest BCUT2D eigenvalue weighted by atomic mass is 28.3. The van der Waals surface area contributed by atoms with Crippen molar-refractivity contribution in [1.29, 1.82) is 0 Å². The van der Waals surface area contributed by atoms with E-state index in [1.54, 1.807) is 0 Å². The van der Waals surface area contributed by atoms with Crippen LogP contribution in [0, 0.1) is 6.92 Å². The lowest BCUT2D eigenvalue weighted by Crippen LogP contribution is -2.63. The summed E-state index contributed by atoms with van der Waals surface area (Å²) in [6, 6.07) is 69.1. The fourth-order valence-electron chi connectivity index (χ4n) is 11.0. The molecule has 0 saturated heterocycles. The Balaban J connectivity index is 1.18. The molecule has 0 saturated carbocycles. The molecule has 0 N–H and O–H groups in total. The number of rotatable bonds is 4. The summed E-state index contributed by atoms with van der Waals surface area (Å²) in [6.07, 6.45) is 0. The van der Waals surface area contributed by atoms with Gasteiger partial charge >= 0.3 is 0 Å². The average Bonchev–Trinajstić information content (AvgIpc) is 3.66. The van der Waals surface area contributed by atoms with E-state index in [2.05, 4.69) is 221 Å². The Hall–Kier alpha value is -6.22. The molecule has 8 aromatic carbocycles. The smallest absolute Gasteiger partial charge is 0.113 e. The molecule has 274 valence electrons. The number of aryl methyl sites for hydroxylation is 1. The molecule has 0 aromatic heterocycles. The van der Waals surface area contributed by atoms with Crippen LogP contribution in [0.25, 0.3) is 33.4 Å². The topological polar surface area (TPSA) is 3.24 Å². The van der Waals surface area contributed by atoms with Crippen molar-refractivity contribution in [2.75, 3.05) is 4.90 Å². The van der Waals surface area contributed by atoms with Crippen molar-refractivity contribution >= 4 is 35.5 Å². The highest BCUT2D eigenvalue weighted by Crippen LogP contribution is 2.58. The number of hydrogen-bond donors (Lipinski definition) is 0. The van der Waals surface area contributed by atoms with Gasteiger partial charge < -0.3 is 4.90 Å². The molecule has 0 atom stereocenters. The van der Waals surface area contributed by atoms with Gasteiger partial charge in [-0.3, -0.25) is 0 Å². The molecule has 0 radical (unpaired) electrons. The van der Waals surface area contributed by atoms with E-state index in [1.807, 2.05) is 0 Å². The van der Waals surface area contributed by atoms with Gasteiger partial charge in [-0.25, -0.2) is 0 Å². The number of nitrogens with zero attached hydrogens (tertiary/aromatic N) is 1. The summed E-state index contributed by atoms with van der Waals surface area (Å²) in [4.78, 5) is 2.53. The van der Waals surface area contributed by atoms with Gasteiger partial charge in [-0.2, -0.15) is 0 Å². The second kappa shape index (κ2) is 12.1. The van der Waals surface area contributed by atoms with Crippen LogP contribution in [-0.2, 0) is 10.8 Å². The average molecular weight is 748 g/mol. The molecule has 1 spiro atoms. The predicted molar refractivity (Wildman–Crippen MR) is 243 cm³/mol. The quantitative estimate of drug-likeness (QED) is 0.162. The summed E-state index contributed by atoms with van der Waals surface area (Å²) >= 11 is 0. The van der Waals surface area contributed by atoms with Crippen molar-refractivity contribution < 1.29 is 0 Å². The van der Waals surface area contributed by atoms with Crippen LogP contribution < -0.4 is 15.3 Å². The van der Waals surface area contributed by atoms with E-state index in [4.69, 9.17) is 0 Å². The minimum atomic E-state index is -2.01. The standard InChI is InChI=1S/C55H45NSi/c1-36-33-38(37-17-7-6-8-18-37)27-32-51(36)56(39-28-30-43-41-19-9-11-21-45(41)54(2,3)49(43)34-39)40-29-31-44-42-20-10-12-22-46(42)55(50(44)35-40)47-23-13-15-25-52(47)57(4,5)53-26-16-14-24-48(53)55/h6-35H,1-5H3. The van der Waals surface area contributed by atoms with Crippen molar-refractivity contribution in [2.45, 2.75) is 44.7 Å². The fraction of sp³-hybridized carbons (Fsp3) is 0.127. The molecule has 0 amide bonds. The highest BCUT2D eigenvalue weighted by molar-refractivity contribution is 7.01. The predicted octanol–water partition coefficient (Wildman–Crippen LogP) is 12.9. The van der Waals surface area contributed by atoms with Gasteiger partial charge in [-0.1, -0.05) is 173 Å². The summed E-state index contributed by atoms with van der Waals surface area (Å²) in [5, 5.41) is 3.06. The zero-order valence-electron chi connectivity index (χ0n) is 33.3. The summed E-state index contributed by atoms with van der Waals surface area (Å²) < 4.78 is 0. The molecule has 1 heterocycles. The fourth-order valence-corrected chi connectivity index (χ4v) is 14.2. The Bertz CT molecular complexity index is 2880. The lowest BCUT2D eigenvalue weighted by atomic mass is 9.67. The Kier molecular flexibility index (Phi) is 7.25. The second-order valence-corrected chi connectivity index (χ2v) is 21.7. The van der Waals surface area contributed by atoms with Crippen LogP contribution in [0.4, 0.5) is 17.1 Å². The van der Waals surface area contributed by atoms with Gasteiger partial charge in [0.25, 0.3) is 0 Å². The summed E-state index contributed by atoms with van der Waals surface area (Å²) in [5.74, 6) is 0. The third-order valence-electron chi connectivity index (χ3n) is 13.7. The molecule has 3 aliphatic rings. The van der Waals surface area contributed by atoms with E-state index < -0.39 is 13.5 Å². The Labute approximate surface area is 338 Å². The van der Waals surface area contributed by atoms with Crippen LogP contribution in [-0.4, -0.2) is 8.07 Å². The van der Waals surface area contributed by atoms with Crippen molar-refractivity contribution in [2.24, 2.45) is 0 Å². The molecular weight excluding hydrogens is 703 g/mol. The molecule has 11 rings (SSSR count). The highest BCUT2D eigenvalue weighted by Gasteiger charge is 2.53. The van der Waals surface area contributed by atoms with Crippen molar-refractivity contribution in [3.05, 3.63) is 221 Å². The molecule has 2 aliphatic carbocycles. The summed E-state index contributed by atoms with van der Waals surface area (Å²) in [5.41, 5.74) is 20.4. The van der Waals surface area contributed by atoms with E-state index in [0.717, 1.165) is 0 Å². The third-order valence-corrected chi connectivity index (χ3v) is 17.2. The van der Waals surface area contributed by atoms with E-state index in [1.165, 1.54) is 99.8 Å². The zero-order chi connectivity index (χ0) is 38.7. The Morgan fingerprint density at radius 2 is 0.895 bits per heavy atom. The van der Waals surface area contributed by atoms with E-state index in [-0.39, 0.29) is 5.41 Å². The lowest BCUT2D eigenvalue weighted by Gasteiger charge is -2.46. The molecule has 2 heteroatoms. The van der Waals surface area contributed by atoms with Crippen LogP contribution in [0.5, 0.6) is 0 Å². The van der Waals surface area contributed by atoms with Crippen LogP contribution in [0.3, 0.4) is 0 Å². The Morgan fingerprint density at radius 3 is 1.53 bits per heavy atom. The first kappa shape index (κ1) is 34.1. The maximum atomic E-state index is 2.54. The molecule has 0 fully saturated rings. The van der Waals surface area contributed by atoms with Crippen LogP contribution in [0.15, 0.2) is 182 Å². The summed E-state index contributed by atoms with van der Waals surface area (Å²) in [6.45, 7) is 12.1. The summed E-state index contributed by atoms with van der Waals surface area (Å²) in [7, 11) is -2.01. The largest absolute Gasteiger partial charge is 0.310 e. The molecule has 57 heavy (non-hydrogen) atoms. The number of hydrogen-bond acceptors (Lipinski definition) is 1. The van der Waals surface area contributed by atoms with Crippen LogP contribution in [0.1, 0.15) is 52.8 Å². The third kappa shape index (κ3) is 4.62. The second-order valence-electron chi connectivity index (χ2n) is 17.3. The first-order valence-electron chi connectivity index (χ1n) is 20.4. The maximum absolute atomic E-state index is 2.54. The van der Waals surface area contributed by atoms with Crippen LogP contribution in [0.2, 0.25) is 13.1 Å². The van der Waals surface area contributed by atoms with Crippen molar-refractivity contribution in [3.8, 4) is 33.4 Å². The monoisotopic (exact) mass is 747 g/mol. The van der Waals surface area contributed by atoms with Gasteiger partial charge in [0.15, 0.2) is 0 Å². The van der Waals surface area contributed by atoms with Gasteiger partial charge in [0, 0.05) is 22.5 Å². The molecule has 1 nitrogen and oxygen atoms in total.